The van der Waals surface area contributed by atoms with Gasteiger partial charge in [0.15, 0.2) is 0 Å². The molecule has 1 atom stereocenters. The number of urea groups is 1. The highest BCUT2D eigenvalue weighted by molar-refractivity contribution is 6.22. The smallest absolute Gasteiger partial charge is 0.319 e. The average Bonchev–Trinajstić information content (AvgIpc) is 3.45. The van der Waals surface area contributed by atoms with Gasteiger partial charge >= 0.3 is 6.03 Å². The van der Waals surface area contributed by atoms with Crippen molar-refractivity contribution in [3.8, 4) is 0 Å². The van der Waals surface area contributed by atoms with E-state index >= 15 is 0 Å². The second-order valence-corrected chi connectivity index (χ2v) is 7.51. The van der Waals surface area contributed by atoms with Gasteiger partial charge in [0.1, 0.15) is 0 Å². The molecule has 1 saturated heterocycles. The molecule has 1 aromatic carbocycles. The van der Waals surface area contributed by atoms with E-state index in [1.54, 1.807) is 18.2 Å². The molecule has 4 amide bonds. The lowest BCUT2D eigenvalue weighted by Gasteiger charge is -2.19. The molecule has 2 N–H and O–H groups in total. The zero-order chi connectivity index (χ0) is 19.0. The molecular formula is C19H24N4O4. The maximum Gasteiger partial charge on any atom is 0.319 e. The Balaban J connectivity index is 1.35. The Morgan fingerprint density at radius 1 is 1.22 bits per heavy atom. The van der Waals surface area contributed by atoms with Crippen molar-refractivity contribution >= 4 is 23.5 Å². The summed E-state index contributed by atoms with van der Waals surface area (Å²) in [6, 6.07) is 4.55. The molecule has 2 aliphatic heterocycles. The molecule has 144 valence electrons. The first-order chi connectivity index (χ1) is 13.0. The summed E-state index contributed by atoms with van der Waals surface area (Å²) in [6.45, 7) is 3.60. The molecule has 3 aliphatic rings. The summed E-state index contributed by atoms with van der Waals surface area (Å²) in [6.07, 6.45) is 1.75. The molecule has 1 unspecified atom stereocenters. The van der Waals surface area contributed by atoms with Gasteiger partial charge in [0.05, 0.1) is 24.3 Å². The van der Waals surface area contributed by atoms with Crippen LogP contribution in [0.2, 0.25) is 0 Å². The number of nitrogens with one attached hydrogen (secondary N) is 2. The lowest BCUT2D eigenvalue weighted by atomic mass is 10.1. The Labute approximate surface area is 157 Å². The maximum absolute atomic E-state index is 12.5. The number of hydrogen-bond donors (Lipinski definition) is 2. The zero-order valence-electron chi connectivity index (χ0n) is 15.4. The normalized spacial score (nSPS) is 23.1. The van der Waals surface area contributed by atoms with Crippen LogP contribution in [0.3, 0.4) is 0 Å². The summed E-state index contributed by atoms with van der Waals surface area (Å²) in [5.41, 5.74) is 1.28. The van der Waals surface area contributed by atoms with Gasteiger partial charge in [-0.3, -0.25) is 14.5 Å². The van der Waals surface area contributed by atoms with Crippen molar-refractivity contribution in [1.29, 1.82) is 0 Å². The number of nitrogens with zero attached hydrogens (tertiary/aromatic N) is 2. The van der Waals surface area contributed by atoms with E-state index in [0.717, 1.165) is 25.9 Å². The molecule has 2 fully saturated rings. The number of anilines is 1. The summed E-state index contributed by atoms with van der Waals surface area (Å²) in [4.78, 5) is 40.6. The number of likely N-dealkylation sites (N-methyl/N-ethyl adjacent to an activating group) is 1. The summed E-state index contributed by atoms with van der Waals surface area (Å²) >= 11 is 0. The zero-order valence-corrected chi connectivity index (χ0v) is 15.4. The standard InChI is InChI=1S/C19H24N4O4/c1-22-6-7-27-11-12(10-22)9-20-19(26)21-13-2-5-15-16(8-13)18(25)23(17(15)24)14-3-4-14/h2,5,8,12,14H,3-4,6-7,9-11H2,1H3,(H2,20,21,26). The van der Waals surface area contributed by atoms with Gasteiger partial charge in [-0.25, -0.2) is 4.79 Å². The molecule has 8 nitrogen and oxygen atoms in total. The van der Waals surface area contributed by atoms with E-state index in [1.807, 2.05) is 7.05 Å². The Morgan fingerprint density at radius 3 is 2.78 bits per heavy atom. The van der Waals surface area contributed by atoms with Gasteiger partial charge < -0.3 is 20.3 Å². The number of rotatable bonds is 4. The van der Waals surface area contributed by atoms with Crippen molar-refractivity contribution in [2.75, 3.05) is 45.2 Å². The van der Waals surface area contributed by atoms with Gasteiger partial charge in [-0.15, -0.1) is 0 Å². The van der Waals surface area contributed by atoms with E-state index in [2.05, 4.69) is 15.5 Å². The van der Waals surface area contributed by atoms with E-state index in [9.17, 15) is 14.4 Å². The number of carbonyl (C=O) groups excluding carboxylic acids is 3. The van der Waals surface area contributed by atoms with Crippen LogP contribution in [0.1, 0.15) is 33.6 Å². The van der Waals surface area contributed by atoms with Crippen LogP contribution in [0, 0.1) is 5.92 Å². The van der Waals surface area contributed by atoms with E-state index in [1.165, 1.54) is 4.90 Å². The van der Waals surface area contributed by atoms with Crippen molar-refractivity contribution < 1.29 is 19.1 Å². The molecule has 0 aromatic heterocycles. The highest BCUT2D eigenvalue weighted by Gasteiger charge is 2.44. The van der Waals surface area contributed by atoms with Crippen LogP contribution in [0.5, 0.6) is 0 Å². The summed E-state index contributed by atoms with van der Waals surface area (Å²) in [7, 11) is 2.04. The quantitative estimate of drug-likeness (QED) is 0.774. The molecule has 0 spiro atoms. The molecule has 1 aliphatic carbocycles. The first-order valence-electron chi connectivity index (χ1n) is 9.36. The third-order valence-corrected chi connectivity index (χ3v) is 5.18. The van der Waals surface area contributed by atoms with Crippen LogP contribution in [0.4, 0.5) is 10.5 Å². The number of hydrogen-bond acceptors (Lipinski definition) is 5. The largest absolute Gasteiger partial charge is 0.380 e. The fourth-order valence-corrected chi connectivity index (χ4v) is 3.59. The van der Waals surface area contributed by atoms with E-state index < -0.39 is 0 Å². The number of carbonyl (C=O) groups is 3. The topological polar surface area (TPSA) is 91.0 Å². The minimum atomic E-state index is -0.335. The van der Waals surface area contributed by atoms with Crippen LogP contribution in [-0.4, -0.2) is 73.6 Å². The van der Waals surface area contributed by atoms with Crippen molar-refractivity contribution in [2.45, 2.75) is 18.9 Å². The number of benzene rings is 1. The highest BCUT2D eigenvalue weighted by Crippen LogP contribution is 2.35. The summed E-state index contributed by atoms with van der Waals surface area (Å²) < 4.78 is 5.55. The van der Waals surface area contributed by atoms with Gasteiger partial charge in [-0.1, -0.05) is 0 Å². The Morgan fingerprint density at radius 2 is 2.00 bits per heavy atom. The van der Waals surface area contributed by atoms with Gasteiger partial charge in [0.25, 0.3) is 11.8 Å². The Bertz CT molecular complexity index is 777. The van der Waals surface area contributed by atoms with Gasteiger partial charge in [-0.05, 0) is 38.1 Å². The highest BCUT2D eigenvalue weighted by atomic mass is 16.5. The lowest BCUT2D eigenvalue weighted by molar-refractivity contribution is 0.0642. The molecule has 0 bridgehead atoms. The fraction of sp³-hybridized carbons (Fsp3) is 0.526. The van der Waals surface area contributed by atoms with Gasteiger partial charge in [0, 0.05) is 37.3 Å². The first kappa shape index (κ1) is 17.9. The third-order valence-electron chi connectivity index (χ3n) is 5.18. The van der Waals surface area contributed by atoms with Gasteiger partial charge in [-0.2, -0.15) is 0 Å². The molecule has 1 saturated carbocycles. The van der Waals surface area contributed by atoms with Crippen LogP contribution in [0.25, 0.3) is 0 Å². The predicted molar refractivity (Wildman–Crippen MR) is 98.8 cm³/mol. The molecule has 1 aromatic rings. The fourth-order valence-electron chi connectivity index (χ4n) is 3.59. The molecule has 4 rings (SSSR count). The monoisotopic (exact) mass is 372 g/mol. The number of ether oxygens (including phenoxy) is 1. The molecule has 2 heterocycles. The van der Waals surface area contributed by atoms with Gasteiger partial charge in [0.2, 0.25) is 0 Å². The SMILES string of the molecule is CN1CCOCC(CNC(=O)Nc2ccc3c(c2)C(=O)N(C2CC2)C3=O)C1. The number of amides is 4. The minimum Gasteiger partial charge on any atom is -0.380 e. The predicted octanol–water partition coefficient (Wildman–Crippen LogP) is 1.14. The van der Waals surface area contributed by atoms with Crippen molar-refractivity contribution in [3.05, 3.63) is 29.3 Å². The Hall–Kier alpha value is -2.45. The average molecular weight is 372 g/mol. The maximum atomic E-state index is 12.5. The first-order valence-corrected chi connectivity index (χ1v) is 9.36. The van der Waals surface area contributed by atoms with Crippen molar-refractivity contribution in [1.82, 2.24) is 15.1 Å². The van der Waals surface area contributed by atoms with Crippen molar-refractivity contribution in [2.24, 2.45) is 5.92 Å². The van der Waals surface area contributed by atoms with Crippen LogP contribution in [-0.2, 0) is 4.74 Å². The molecular weight excluding hydrogens is 348 g/mol. The third kappa shape index (κ3) is 3.81. The number of fused-ring (bicyclic) bond motifs is 1. The van der Waals surface area contributed by atoms with Crippen molar-refractivity contribution in [3.63, 3.8) is 0 Å². The molecule has 0 radical (unpaired) electrons. The number of imide groups is 1. The van der Waals surface area contributed by atoms with E-state index in [0.29, 0.717) is 36.6 Å². The van der Waals surface area contributed by atoms with Crippen LogP contribution < -0.4 is 10.6 Å². The second-order valence-electron chi connectivity index (χ2n) is 7.51. The summed E-state index contributed by atoms with van der Waals surface area (Å²) in [5, 5.41) is 5.60. The Kier molecular flexibility index (Phi) is 4.84. The van der Waals surface area contributed by atoms with E-state index in [-0.39, 0.29) is 29.8 Å². The summed E-state index contributed by atoms with van der Waals surface area (Å²) in [5.74, 6) is -0.263. The lowest BCUT2D eigenvalue weighted by Crippen LogP contribution is -2.37. The van der Waals surface area contributed by atoms with E-state index in [4.69, 9.17) is 4.74 Å². The van der Waals surface area contributed by atoms with Crippen LogP contribution >= 0.6 is 0 Å². The molecule has 8 heteroatoms. The second kappa shape index (κ2) is 7.28. The van der Waals surface area contributed by atoms with Crippen LogP contribution in [0.15, 0.2) is 18.2 Å². The minimum absolute atomic E-state index is 0.0389. The molecule has 27 heavy (non-hydrogen) atoms.